The molecule has 0 bridgehead atoms. The van der Waals surface area contributed by atoms with Gasteiger partial charge in [-0.3, -0.25) is 10.1 Å². The van der Waals surface area contributed by atoms with Gasteiger partial charge < -0.3 is 15.1 Å². The number of aromatic nitrogens is 1. The molecule has 0 unspecified atom stereocenters. The molecule has 2 aromatic rings. The van der Waals surface area contributed by atoms with E-state index in [1.807, 2.05) is 0 Å². The minimum atomic E-state index is -0.440. The van der Waals surface area contributed by atoms with E-state index in [0.29, 0.717) is 17.1 Å². The Labute approximate surface area is 121 Å². The predicted molar refractivity (Wildman–Crippen MR) is 79.3 cm³/mol. The summed E-state index contributed by atoms with van der Waals surface area (Å²) in [5, 5.41) is 17.1. The molecule has 21 heavy (non-hydrogen) atoms. The molecule has 110 valence electrons. The highest BCUT2D eigenvalue weighted by Gasteiger charge is 2.11. The number of fused-ring (bicyclic) bond motifs is 1. The highest BCUT2D eigenvalue weighted by Crippen LogP contribution is 2.23. The third-order valence-corrected chi connectivity index (χ3v) is 3.46. The number of nitrogens with one attached hydrogen (secondary N) is 2. The Bertz CT molecular complexity index is 693. The molecule has 0 atom stereocenters. The first-order valence-corrected chi connectivity index (χ1v) is 6.90. The van der Waals surface area contributed by atoms with Crippen LogP contribution in [0.4, 0.5) is 11.7 Å². The predicted octanol–water partition coefficient (Wildman–Crippen LogP) is 2.46. The van der Waals surface area contributed by atoms with Crippen molar-refractivity contribution >= 4 is 22.8 Å². The van der Waals surface area contributed by atoms with Crippen molar-refractivity contribution in [2.75, 3.05) is 25.0 Å². The zero-order valence-electron chi connectivity index (χ0n) is 11.5. The largest absolute Gasteiger partial charge is 0.424 e. The van der Waals surface area contributed by atoms with E-state index in [1.54, 1.807) is 6.07 Å². The van der Waals surface area contributed by atoms with Crippen molar-refractivity contribution in [1.29, 1.82) is 0 Å². The van der Waals surface area contributed by atoms with Crippen LogP contribution < -0.4 is 10.6 Å². The standard InChI is InChI=1S/C14H16N4O3/c19-18(20)11-1-2-13-12(9-11)17-14(21-13)16-8-5-10-3-6-15-7-4-10/h1-3,9,15H,4-8H2,(H,16,17). The minimum absolute atomic E-state index is 0.0159. The lowest BCUT2D eigenvalue weighted by Crippen LogP contribution is -2.21. The molecule has 7 heteroatoms. The SMILES string of the molecule is O=[N+]([O-])c1ccc2oc(NCCC3=CCNCC3)nc2c1. The zero-order chi connectivity index (χ0) is 14.7. The summed E-state index contributed by atoms with van der Waals surface area (Å²) in [6, 6.07) is 4.80. The third-order valence-electron chi connectivity index (χ3n) is 3.46. The molecule has 2 heterocycles. The summed E-state index contributed by atoms with van der Waals surface area (Å²) in [5.74, 6) is 0. The van der Waals surface area contributed by atoms with Crippen molar-refractivity contribution in [3.63, 3.8) is 0 Å². The van der Waals surface area contributed by atoms with E-state index in [9.17, 15) is 10.1 Å². The number of nitrogens with zero attached hydrogens (tertiary/aromatic N) is 2. The Kier molecular flexibility index (Phi) is 3.83. The normalized spacial score (nSPS) is 15.0. The first-order valence-electron chi connectivity index (χ1n) is 6.90. The van der Waals surface area contributed by atoms with Crippen LogP contribution >= 0.6 is 0 Å². The number of non-ortho nitro benzene ring substituents is 1. The number of hydrogen-bond donors (Lipinski definition) is 2. The number of oxazole rings is 1. The van der Waals surface area contributed by atoms with E-state index < -0.39 is 4.92 Å². The highest BCUT2D eigenvalue weighted by molar-refractivity contribution is 5.77. The maximum Gasteiger partial charge on any atom is 0.295 e. The molecule has 0 amide bonds. The van der Waals surface area contributed by atoms with Gasteiger partial charge in [-0.15, -0.1) is 0 Å². The van der Waals surface area contributed by atoms with Gasteiger partial charge in [0.2, 0.25) is 0 Å². The molecule has 3 rings (SSSR count). The number of anilines is 1. The summed E-state index contributed by atoms with van der Waals surface area (Å²) in [6.45, 7) is 2.70. The van der Waals surface area contributed by atoms with Crippen LogP contribution in [0, 0.1) is 10.1 Å². The Balaban J connectivity index is 1.64. The molecule has 7 nitrogen and oxygen atoms in total. The summed E-state index contributed by atoms with van der Waals surface area (Å²) in [6.07, 6.45) is 4.22. The maximum atomic E-state index is 10.7. The molecule has 2 N–H and O–H groups in total. The van der Waals surface area contributed by atoms with Gasteiger partial charge in [0, 0.05) is 25.2 Å². The monoisotopic (exact) mass is 288 g/mol. The number of nitro benzene ring substituents is 1. The molecule has 0 saturated heterocycles. The van der Waals surface area contributed by atoms with Gasteiger partial charge in [-0.1, -0.05) is 11.6 Å². The Hall–Kier alpha value is -2.41. The molecule has 0 saturated carbocycles. The lowest BCUT2D eigenvalue weighted by molar-refractivity contribution is -0.384. The van der Waals surface area contributed by atoms with E-state index in [0.717, 1.165) is 32.5 Å². The zero-order valence-corrected chi connectivity index (χ0v) is 11.5. The number of benzene rings is 1. The molecule has 0 aliphatic carbocycles. The summed E-state index contributed by atoms with van der Waals surface area (Å²) >= 11 is 0. The lowest BCUT2D eigenvalue weighted by Gasteiger charge is -2.13. The smallest absolute Gasteiger partial charge is 0.295 e. The molecule has 1 aliphatic heterocycles. The van der Waals surface area contributed by atoms with Crippen LogP contribution in [0.15, 0.2) is 34.3 Å². The van der Waals surface area contributed by atoms with Gasteiger partial charge in [0.25, 0.3) is 11.7 Å². The quantitative estimate of drug-likeness (QED) is 0.498. The molecular weight excluding hydrogens is 272 g/mol. The Morgan fingerprint density at radius 2 is 2.38 bits per heavy atom. The Morgan fingerprint density at radius 1 is 1.48 bits per heavy atom. The maximum absolute atomic E-state index is 10.7. The van der Waals surface area contributed by atoms with Crippen molar-refractivity contribution in [2.45, 2.75) is 12.8 Å². The van der Waals surface area contributed by atoms with Crippen LogP contribution in [0.1, 0.15) is 12.8 Å². The van der Waals surface area contributed by atoms with Crippen LogP contribution in [-0.2, 0) is 0 Å². The van der Waals surface area contributed by atoms with E-state index in [-0.39, 0.29) is 5.69 Å². The van der Waals surface area contributed by atoms with E-state index in [1.165, 1.54) is 17.7 Å². The topological polar surface area (TPSA) is 93.2 Å². The van der Waals surface area contributed by atoms with E-state index in [4.69, 9.17) is 4.42 Å². The van der Waals surface area contributed by atoms with Gasteiger partial charge >= 0.3 is 0 Å². The summed E-state index contributed by atoms with van der Waals surface area (Å²) in [4.78, 5) is 14.5. The number of hydrogen-bond acceptors (Lipinski definition) is 6. The Morgan fingerprint density at radius 3 is 3.14 bits per heavy atom. The van der Waals surface area contributed by atoms with E-state index in [2.05, 4.69) is 21.7 Å². The molecule has 1 aliphatic rings. The molecule has 0 spiro atoms. The van der Waals surface area contributed by atoms with Crippen LogP contribution in [0.2, 0.25) is 0 Å². The van der Waals surface area contributed by atoms with Gasteiger partial charge in [-0.2, -0.15) is 4.98 Å². The number of rotatable bonds is 5. The van der Waals surface area contributed by atoms with Crippen molar-refractivity contribution in [1.82, 2.24) is 10.3 Å². The van der Waals surface area contributed by atoms with Crippen LogP contribution in [0.25, 0.3) is 11.1 Å². The van der Waals surface area contributed by atoms with Crippen molar-refractivity contribution in [2.24, 2.45) is 0 Å². The van der Waals surface area contributed by atoms with Crippen molar-refractivity contribution < 1.29 is 9.34 Å². The first kappa shape index (κ1) is 13.6. The lowest BCUT2D eigenvalue weighted by atomic mass is 10.1. The minimum Gasteiger partial charge on any atom is -0.424 e. The third kappa shape index (κ3) is 3.19. The fourth-order valence-corrected chi connectivity index (χ4v) is 2.33. The summed E-state index contributed by atoms with van der Waals surface area (Å²) in [7, 11) is 0. The van der Waals surface area contributed by atoms with E-state index >= 15 is 0 Å². The highest BCUT2D eigenvalue weighted by atomic mass is 16.6. The second kappa shape index (κ2) is 5.92. The summed E-state index contributed by atoms with van der Waals surface area (Å²) < 4.78 is 5.52. The van der Waals surface area contributed by atoms with Gasteiger partial charge in [0.1, 0.15) is 5.52 Å². The van der Waals surface area contributed by atoms with Gasteiger partial charge in [-0.05, 0) is 25.5 Å². The van der Waals surface area contributed by atoms with Gasteiger partial charge in [0.05, 0.1) is 4.92 Å². The molecule has 1 aromatic carbocycles. The molecule has 1 aromatic heterocycles. The average Bonchev–Trinajstić information content (AvgIpc) is 2.90. The van der Waals surface area contributed by atoms with Crippen LogP contribution in [0.3, 0.4) is 0 Å². The first-order chi connectivity index (χ1) is 10.2. The second-order valence-corrected chi connectivity index (χ2v) is 4.92. The fourth-order valence-electron chi connectivity index (χ4n) is 2.33. The fraction of sp³-hybridized carbons (Fsp3) is 0.357. The van der Waals surface area contributed by atoms with Crippen molar-refractivity contribution in [3.05, 3.63) is 40.0 Å². The molecular formula is C14H16N4O3. The van der Waals surface area contributed by atoms with Crippen molar-refractivity contribution in [3.8, 4) is 0 Å². The van der Waals surface area contributed by atoms with Crippen LogP contribution in [-0.4, -0.2) is 29.5 Å². The summed E-state index contributed by atoms with van der Waals surface area (Å²) in [5.41, 5.74) is 2.48. The molecule has 0 radical (unpaired) electrons. The van der Waals surface area contributed by atoms with Gasteiger partial charge in [-0.25, -0.2) is 0 Å². The second-order valence-electron chi connectivity index (χ2n) is 4.92. The van der Waals surface area contributed by atoms with Crippen LogP contribution in [0.5, 0.6) is 0 Å². The molecule has 0 fully saturated rings. The average molecular weight is 288 g/mol. The number of nitro groups is 1. The van der Waals surface area contributed by atoms with Gasteiger partial charge in [0.15, 0.2) is 5.58 Å².